The number of carbonyl (C=O) groups is 1. The Morgan fingerprint density at radius 2 is 1.23 bits per heavy atom. The van der Waals surface area contributed by atoms with Crippen LogP contribution in [-0.2, 0) is 48.1 Å². The standard InChI is InChI=1S/C36H46O4/c1-5-32-22-29(14-13-28-11-9-27(10-12-28)8-7-21-40-36(39)26(3)4)17-19-34(32)35-20-18-30(23-33(35)6-2)15-16-31(24-37)25-38/h9-12,17-20,22-23,31,37-38H,3,5-8,13-16,21,24-25H2,1-2,4H3. The molecule has 0 saturated carbocycles. The van der Waals surface area contributed by atoms with Gasteiger partial charge in [-0.1, -0.05) is 81.1 Å². The number of benzene rings is 3. The summed E-state index contributed by atoms with van der Waals surface area (Å²) < 4.78 is 5.18. The maximum Gasteiger partial charge on any atom is 0.333 e. The molecule has 214 valence electrons. The number of ether oxygens (including phenoxy) is 1. The van der Waals surface area contributed by atoms with E-state index in [2.05, 4.69) is 81.1 Å². The Hall–Kier alpha value is -3.21. The summed E-state index contributed by atoms with van der Waals surface area (Å²) in [4.78, 5) is 11.5. The lowest BCUT2D eigenvalue weighted by molar-refractivity contribution is -0.139. The summed E-state index contributed by atoms with van der Waals surface area (Å²) in [7, 11) is 0. The van der Waals surface area contributed by atoms with Gasteiger partial charge in [0.1, 0.15) is 0 Å². The third-order valence-electron chi connectivity index (χ3n) is 7.67. The first-order valence-corrected chi connectivity index (χ1v) is 14.7. The Morgan fingerprint density at radius 1 is 0.750 bits per heavy atom. The van der Waals surface area contributed by atoms with Crippen LogP contribution in [0.5, 0.6) is 0 Å². The molecule has 0 bridgehead atoms. The Bertz CT molecular complexity index is 1240. The Kier molecular flexibility index (Phi) is 12.6. The van der Waals surface area contributed by atoms with Gasteiger partial charge in [0.05, 0.1) is 6.61 Å². The molecule has 0 aromatic heterocycles. The smallest absolute Gasteiger partial charge is 0.333 e. The van der Waals surface area contributed by atoms with Crippen LogP contribution in [0.15, 0.2) is 72.8 Å². The van der Waals surface area contributed by atoms with E-state index in [1.165, 1.54) is 44.5 Å². The van der Waals surface area contributed by atoms with E-state index < -0.39 is 0 Å². The fraction of sp³-hybridized carbons (Fsp3) is 0.417. The third kappa shape index (κ3) is 9.18. The van der Waals surface area contributed by atoms with Crippen LogP contribution in [0.4, 0.5) is 0 Å². The third-order valence-corrected chi connectivity index (χ3v) is 7.67. The fourth-order valence-electron chi connectivity index (χ4n) is 5.05. The molecule has 0 saturated heterocycles. The summed E-state index contributed by atoms with van der Waals surface area (Å²) in [6, 6.07) is 22.5. The maximum atomic E-state index is 11.5. The molecule has 0 fully saturated rings. The molecule has 0 unspecified atom stereocenters. The molecule has 2 N–H and O–H groups in total. The number of rotatable bonds is 16. The number of aliphatic hydroxyl groups excluding tert-OH is 2. The van der Waals surface area contributed by atoms with E-state index in [9.17, 15) is 15.0 Å². The predicted molar refractivity (Wildman–Crippen MR) is 165 cm³/mol. The van der Waals surface area contributed by atoms with E-state index in [1.54, 1.807) is 6.92 Å². The summed E-state index contributed by atoms with van der Waals surface area (Å²) in [5.74, 6) is -0.367. The summed E-state index contributed by atoms with van der Waals surface area (Å²) in [6.45, 7) is 10.2. The molecule has 3 aromatic carbocycles. The molecular weight excluding hydrogens is 496 g/mol. The second-order valence-electron chi connectivity index (χ2n) is 10.8. The van der Waals surface area contributed by atoms with Gasteiger partial charge in [-0.15, -0.1) is 0 Å². The van der Waals surface area contributed by atoms with Gasteiger partial charge in [-0.25, -0.2) is 4.79 Å². The molecule has 0 heterocycles. The second kappa shape index (κ2) is 16.2. The number of esters is 1. The van der Waals surface area contributed by atoms with Crippen molar-refractivity contribution >= 4 is 5.97 Å². The normalized spacial score (nSPS) is 11.2. The van der Waals surface area contributed by atoms with Gasteiger partial charge >= 0.3 is 5.97 Å². The van der Waals surface area contributed by atoms with Crippen LogP contribution in [0, 0.1) is 5.92 Å². The predicted octanol–water partition coefficient (Wildman–Crippen LogP) is 6.85. The van der Waals surface area contributed by atoms with Crippen LogP contribution < -0.4 is 0 Å². The van der Waals surface area contributed by atoms with Crippen molar-refractivity contribution < 1.29 is 19.7 Å². The highest BCUT2D eigenvalue weighted by molar-refractivity contribution is 5.86. The second-order valence-corrected chi connectivity index (χ2v) is 10.8. The summed E-state index contributed by atoms with van der Waals surface area (Å²) in [6.07, 6.45) is 7.30. The van der Waals surface area contributed by atoms with Gasteiger partial charge in [-0.2, -0.15) is 0 Å². The van der Waals surface area contributed by atoms with Crippen LogP contribution in [0.3, 0.4) is 0 Å². The molecule has 0 radical (unpaired) electrons. The quantitative estimate of drug-likeness (QED) is 0.118. The molecule has 3 rings (SSSR count). The largest absolute Gasteiger partial charge is 0.462 e. The van der Waals surface area contributed by atoms with Gasteiger partial charge < -0.3 is 14.9 Å². The average molecular weight is 543 g/mol. The zero-order valence-corrected chi connectivity index (χ0v) is 24.5. The summed E-state index contributed by atoms with van der Waals surface area (Å²) in [5, 5.41) is 18.8. The highest BCUT2D eigenvalue weighted by atomic mass is 16.5. The van der Waals surface area contributed by atoms with E-state index in [0.29, 0.717) is 12.2 Å². The van der Waals surface area contributed by atoms with Crippen LogP contribution >= 0.6 is 0 Å². The molecule has 0 amide bonds. The number of aliphatic hydroxyl groups is 2. The molecular formula is C36H46O4. The zero-order chi connectivity index (χ0) is 28.9. The van der Waals surface area contributed by atoms with Crippen molar-refractivity contribution in [3.63, 3.8) is 0 Å². The molecule has 0 aliphatic rings. The number of carbonyl (C=O) groups excluding carboxylic acids is 1. The molecule has 4 nitrogen and oxygen atoms in total. The molecule has 4 heteroatoms. The molecule has 40 heavy (non-hydrogen) atoms. The average Bonchev–Trinajstić information content (AvgIpc) is 2.98. The minimum atomic E-state index is -0.318. The first-order valence-electron chi connectivity index (χ1n) is 14.7. The number of hydrogen-bond donors (Lipinski definition) is 2. The van der Waals surface area contributed by atoms with Crippen molar-refractivity contribution in [2.45, 2.75) is 72.1 Å². The number of aryl methyl sites for hydroxylation is 6. The van der Waals surface area contributed by atoms with E-state index in [4.69, 9.17) is 4.74 Å². The monoisotopic (exact) mass is 542 g/mol. The van der Waals surface area contributed by atoms with Gasteiger partial charge in [0, 0.05) is 24.7 Å². The van der Waals surface area contributed by atoms with E-state index >= 15 is 0 Å². The lowest BCUT2D eigenvalue weighted by atomic mass is 9.89. The highest BCUT2D eigenvalue weighted by Crippen LogP contribution is 2.30. The van der Waals surface area contributed by atoms with Crippen molar-refractivity contribution in [3.05, 3.63) is 106 Å². The van der Waals surface area contributed by atoms with Crippen molar-refractivity contribution in [1.82, 2.24) is 0 Å². The van der Waals surface area contributed by atoms with Crippen molar-refractivity contribution in [2.24, 2.45) is 5.92 Å². The minimum Gasteiger partial charge on any atom is -0.462 e. The lowest BCUT2D eigenvalue weighted by Gasteiger charge is -2.16. The van der Waals surface area contributed by atoms with Crippen molar-refractivity contribution in [3.8, 4) is 11.1 Å². The Balaban J connectivity index is 1.60. The SMILES string of the molecule is C=C(C)C(=O)OCCCc1ccc(CCc2ccc(-c3ccc(CCC(CO)CO)cc3CC)c(CC)c2)cc1. The Morgan fingerprint density at radius 3 is 1.73 bits per heavy atom. The highest BCUT2D eigenvalue weighted by Gasteiger charge is 2.12. The zero-order valence-electron chi connectivity index (χ0n) is 24.5. The van der Waals surface area contributed by atoms with E-state index in [-0.39, 0.29) is 25.1 Å². The fourth-order valence-corrected chi connectivity index (χ4v) is 5.05. The van der Waals surface area contributed by atoms with Crippen LogP contribution in [-0.4, -0.2) is 36.0 Å². The molecule has 0 aliphatic carbocycles. The van der Waals surface area contributed by atoms with Gasteiger partial charge in [-0.05, 0) is 103 Å². The van der Waals surface area contributed by atoms with Crippen LogP contribution in [0.1, 0.15) is 67.0 Å². The minimum absolute atomic E-state index is 0.0309. The van der Waals surface area contributed by atoms with Crippen LogP contribution in [0.25, 0.3) is 11.1 Å². The van der Waals surface area contributed by atoms with Crippen molar-refractivity contribution in [2.75, 3.05) is 19.8 Å². The molecule has 0 spiro atoms. The summed E-state index contributed by atoms with van der Waals surface area (Å²) >= 11 is 0. The number of hydrogen-bond acceptors (Lipinski definition) is 4. The van der Waals surface area contributed by atoms with Gasteiger partial charge in [0.2, 0.25) is 0 Å². The first kappa shape index (κ1) is 31.3. The molecule has 3 aromatic rings. The Labute approximate surface area is 240 Å². The lowest BCUT2D eigenvalue weighted by Crippen LogP contribution is -2.12. The topological polar surface area (TPSA) is 66.8 Å². The van der Waals surface area contributed by atoms with Crippen molar-refractivity contribution in [1.29, 1.82) is 0 Å². The van der Waals surface area contributed by atoms with Gasteiger partial charge in [-0.3, -0.25) is 0 Å². The maximum absolute atomic E-state index is 11.5. The molecule has 0 atom stereocenters. The summed E-state index contributed by atoms with van der Waals surface area (Å²) in [5.41, 5.74) is 11.0. The van der Waals surface area contributed by atoms with Gasteiger partial charge in [0.15, 0.2) is 0 Å². The van der Waals surface area contributed by atoms with Crippen LogP contribution in [0.2, 0.25) is 0 Å². The first-order chi connectivity index (χ1) is 19.4. The van der Waals surface area contributed by atoms with Gasteiger partial charge in [0.25, 0.3) is 0 Å². The van der Waals surface area contributed by atoms with E-state index in [1.807, 2.05) is 0 Å². The molecule has 0 aliphatic heterocycles. The van der Waals surface area contributed by atoms with E-state index in [0.717, 1.165) is 51.4 Å².